The van der Waals surface area contributed by atoms with Crippen molar-refractivity contribution < 1.29 is 47.8 Å². The van der Waals surface area contributed by atoms with Crippen molar-refractivity contribution in [2.24, 2.45) is 0 Å². The number of hydrogen-bond donors (Lipinski definition) is 3. The summed E-state index contributed by atoms with van der Waals surface area (Å²) in [7, 11) is -4.61. The monoisotopic (exact) mass is 819 g/mol. The Kier molecular flexibility index (Phi) is 40.9. The molecule has 3 unspecified atom stereocenters. The summed E-state index contributed by atoms with van der Waals surface area (Å²) in [5, 5.41) is 18.3. The summed E-state index contributed by atoms with van der Waals surface area (Å²) in [6, 6.07) is 0. The molecular formula is C45H87O10P. The van der Waals surface area contributed by atoms with Gasteiger partial charge in [0.1, 0.15) is 12.7 Å². The molecule has 0 saturated heterocycles. The number of aliphatic hydroxyl groups is 2. The summed E-state index contributed by atoms with van der Waals surface area (Å²) in [5.41, 5.74) is 0. The van der Waals surface area contributed by atoms with Gasteiger partial charge in [0.25, 0.3) is 0 Å². The number of aliphatic hydroxyl groups excluding tert-OH is 2. The zero-order valence-corrected chi connectivity index (χ0v) is 37.0. The predicted octanol–water partition coefficient (Wildman–Crippen LogP) is 12.4. The molecule has 0 saturated carbocycles. The lowest BCUT2D eigenvalue weighted by Gasteiger charge is -2.20. The van der Waals surface area contributed by atoms with Crippen LogP contribution in [0.15, 0.2) is 12.2 Å². The van der Waals surface area contributed by atoms with E-state index < -0.39 is 51.8 Å². The van der Waals surface area contributed by atoms with E-state index >= 15 is 0 Å². The Labute approximate surface area is 343 Å². The number of phosphoric acid groups is 1. The number of allylic oxidation sites excluding steroid dienone is 2. The number of carbonyl (C=O) groups excluding carboxylic acids is 2. The first-order valence-corrected chi connectivity index (χ1v) is 24.6. The zero-order chi connectivity index (χ0) is 41.2. The molecule has 10 nitrogen and oxygen atoms in total. The highest BCUT2D eigenvalue weighted by molar-refractivity contribution is 7.47. The van der Waals surface area contributed by atoms with Crippen molar-refractivity contribution in [3.63, 3.8) is 0 Å². The van der Waals surface area contributed by atoms with Crippen molar-refractivity contribution in [3.05, 3.63) is 12.2 Å². The standard InChI is InChI=1S/C45H87O10P/c1-3-5-7-9-11-13-15-17-19-20-21-23-25-27-29-31-33-35-37-45(49)55-43(41-54-56(50,51)53-39-42(47)38-46)40-52-44(48)36-34-32-30-28-26-24-22-18-16-14-12-10-8-6-4-2/h19-20,42-43,46-47H,3-18,21-41H2,1-2H3,(H,50,51)/b20-19-. The molecule has 11 heteroatoms. The van der Waals surface area contributed by atoms with Gasteiger partial charge in [-0.3, -0.25) is 18.6 Å². The fraction of sp³-hybridized carbons (Fsp3) is 0.911. The van der Waals surface area contributed by atoms with Crippen molar-refractivity contribution in [1.82, 2.24) is 0 Å². The highest BCUT2D eigenvalue weighted by Gasteiger charge is 2.27. The Balaban J connectivity index is 4.23. The average molecular weight is 819 g/mol. The van der Waals surface area contributed by atoms with Gasteiger partial charge in [0.05, 0.1) is 19.8 Å². The van der Waals surface area contributed by atoms with Crippen molar-refractivity contribution in [3.8, 4) is 0 Å². The molecule has 0 heterocycles. The number of carbonyl (C=O) groups is 2. The smallest absolute Gasteiger partial charge is 0.462 e. The van der Waals surface area contributed by atoms with Crippen LogP contribution in [-0.2, 0) is 32.7 Å². The van der Waals surface area contributed by atoms with E-state index in [1.165, 1.54) is 141 Å². The van der Waals surface area contributed by atoms with Crippen LogP contribution in [-0.4, -0.2) is 65.7 Å². The van der Waals surface area contributed by atoms with Crippen molar-refractivity contribution in [1.29, 1.82) is 0 Å². The quantitative estimate of drug-likeness (QED) is 0.0235. The van der Waals surface area contributed by atoms with E-state index in [-0.39, 0.29) is 19.4 Å². The molecule has 0 fully saturated rings. The molecule has 0 aliphatic rings. The normalized spacial score (nSPS) is 13.9. The second kappa shape index (κ2) is 41.9. The zero-order valence-electron chi connectivity index (χ0n) is 36.1. The number of unbranched alkanes of at least 4 members (excludes halogenated alkanes) is 28. The first kappa shape index (κ1) is 54.7. The minimum absolute atomic E-state index is 0.184. The lowest BCUT2D eigenvalue weighted by Crippen LogP contribution is -2.29. The van der Waals surface area contributed by atoms with E-state index in [1.807, 2.05) is 0 Å². The lowest BCUT2D eigenvalue weighted by molar-refractivity contribution is -0.161. The molecule has 0 aliphatic carbocycles. The largest absolute Gasteiger partial charge is 0.472 e. The molecule has 0 aliphatic heterocycles. The second-order valence-corrected chi connectivity index (χ2v) is 17.2. The van der Waals surface area contributed by atoms with Gasteiger partial charge in [0.2, 0.25) is 0 Å². The van der Waals surface area contributed by atoms with Crippen LogP contribution in [0.4, 0.5) is 0 Å². The summed E-state index contributed by atoms with van der Waals surface area (Å²) >= 11 is 0. The van der Waals surface area contributed by atoms with Gasteiger partial charge >= 0.3 is 19.8 Å². The summed E-state index contributed by atoms with van der Waals surface area (Å²) in [5.74, 6) is -0.917. The van der Waals surface area contributed by atoms with Crippen molar-refractivity contribution in [2.75, 3.05) is 26.4 Å². The molecule has 0 spiro atoms. The molecule has 0 bridgehead atoms. The van der Waals surface area contributed by atoms with E-state index in [4.69, 9.17) is 23.6 Å². The maximum Gasteiger partial charge on any atom is 0.472 e. The van der Waals surface area contributed by atoms with Crippen LogP contribution in [0.25, 0.3) is 0 Å². The Morgan fingerprint density at radius 1 is 0.518 bits per heavy atom. The first-order chi connectivity index (χ1) is 27.2. The number of hydrogen-bond acceptors (Lipinski definition) is 9. The van der Waals surface area contributed by atoms with E-state index in [9.17, 15) is 24.2 Å². The van der Waals surface area contributed by atoms with Gasteiger partial charge in [-0.15, -0.1) is 0 Å². The number of rotatable bonds is 44. The highest BCUT2D eigenvalue weighted by atomic mass is 31.2. The molecule has 56 heavy (non-hydrogen) atoms. The molecule has 3 atom stereocenters. The fourth-order valence-corrected chi connectivity index (χ4v) is 7.37. The Hall–Kier alpha value is -1.29. The Morgan fingerprint density at radius 2 is 0.875 bits per heavy atom. The van der Waals surface area contributed by atoms with Gasteiger partial charge in [-0.1, -0.05) is 187 Å². The van der Waals surface area contributed by atoms with E-state index in [1.54, 1.807) is 0 Å². The van der Waals surface area contributed by atoms with Crippen LogP contribution in [0.2, 0.25) is 0 Å². The lowest BCUT2D eigenvalue weighted by atomic mass is 10.0. The second-order valence-electron chi connectivity index (χ2n) is 15.8. The molecule has 0 aromatic carbocycles. The van der Waals surface area contributed by atoms with Crippen LogP contribution in [0.5, 0.6) is 0 Å². The maximum atomic E-state index is 12.6. The van der Waals surface area contributed by atoms with E-state index in [0.717, 1.165) is 44.9 Å². The highest BCUT2D eigenvalue weighted by Crippen LogP contribution is 2.43. The van der Waals surface area contributed by atoms with Gasteiger partial charge < -0.3 is 24.6 Å². The van der Waals surface area contributed by atoms with Gasteiger partial charge in [0.15, 0.2) is 6.10 Å². The molecule has 0 aromatic heterocycles. The Morgan fingerprint density at radius 3 is 1.29 bits per heavy atom. The van der Waals surface area contributed by atoms with Crippen molar-refractivity contribution in [2.45, 2.75) is 238 Å². The van der Waals surface area contributed by atoms with Gasteiger partial charge in [-0.2, -0.15) is 0 Å². The number of ether oxygens (including phenoxy) is 2. The van der Waals surface area contributed by atoms with E-state index in [0.29, 0.717) is 12.8 Å². The van der Waals surface area contributed by atoms with Gasteiger partial charge in [0, 0.05) is 12.8 Å². The molecule has 0 rings (SSSR count). The number of esters is 2. The summed E-state index contributed by atoms with van der Waals surface area (Å²) in [6.45, 7) is 2.41. The topological polar surface area (TPSA) is 149 Å². The third kappa shape index (κ3) is 40.9. The molecule has 3 N–H and O–H groups in total. The molecule has 0 amide bonds. The van der Waals surface area contributed by atoms with E-state index in [2.05, 4.69) is 26.0 Å². The predicted molar refractivity (Wildman–Crippen MR) is 229 cm³/mol. The SMILES string of the molecule is CCCCCCCCC/C=C\CCCCCCCCCC(=O)OC(COC(=O)CCCCCCCCCCCCCCCCC)COP(=O)(O)OCC(O)CO. The third-order valence-corrected chi connectivity index (χ3v) is 11.1. The average Bonchev–Trinajstić information content (AvgIpc) is 3.19. The van der Waals surface area contributed by atoms with Crippen LogP contribution in [0.1, 0.15) is 226 Å². The third-order valence-electron chi connectivity index (χ3n) is 10.2. The molecule has 0 aromatic rings. The molecular weight excluding hydrogens is 731 g/mol. The minimum Gasteiger partial charge on any atom is -0.462 e. The van der Waals surface area contributed by atoms with Crippen LogP contribution >= 0.6 is 7.82 Å². The molecule has 332 valence electrons. The maximum absolute atomic E-state index is 12.6. The summed E-state index contributed by atoms with van der Waals surface area (Å²) in [6.07, 6.45) is 40.3. The first-order valence-electron chi connectivity index (χ1n) is 23.1. The van der Waals surface area contributed by atoms with Crippen molar-refractivity contribution >= 4 is 19.8 Å². The summed E-state index contributed by atoms with van der Waals surface area (Å²) in [4.78, 5) is 35.0. The Bertz CT molecular complexity index is 946. The number of phosphoric ester groups is 1. The van der Waals surface area contributed by atoms with Gasteiger partial charge in [-0.25, -0.2) is 4.57 Å². The van der Waals surface area contributed by atoms with Crippen LogP contribution in [0, 0.1) is 0 Å². The van der Waals surface area contributed by atoms with Crippen LogP contribution in [0.3, 0.4) is 0 Å². The van der Waals surface area contributed by atoms with Gasteiger partial charge in [-0.05, 0) is 38.5 Å². The summed E-state index contributed by atoms with van der Waals surface area (Å²) < 4.78 is 32.8. The van der Waals surface area contributed by atoms with Crippen LogP contribution < -0.4 is 0 Å². The minimum atomic E-state index is -4.61. The molecule has 0 radical (unpaired) electrons. The fourth-order valence-electron chi connectivity index (χ4n) is 6.58.